The molecule has 0 aliphatic carbocycles. The average Bonchev–Trinajstić information content (AvgIpc) is 2.56. The Morgan fingerprint density at radius 3 is 1.62 bits per heavy atom. The lowest BCUT2D eigenvalue weighted by atomic mass is 10.1. The third-order valence-electron chi connectivity index (χ3n) is 4.04. The van der Waals surface area contributed by atoms with E-state index in [1.54, 1.807) is 0 Å². The van der Waals surface area contributed by atoms with E-state index in [4.69, 9.17) is 5.26 Å². The van der Waals surface area contributed by atoms with Crippen LogP contribution in [0.2, 0.25) is 0 Å². The highest BCUT2D eigenvalue weighted by atomic mass is 15.3. The number of benzene rings is 2. The molecule has 0 N–H and O–H groups in total. The number of hydrogen-bond donors (Lipinski definition) is 0. The van der Waals surface area contributed by atoms with Gasteiger partial charge >= 0.3 is 0 Å². The Labute approximate surface area is 126 Å². The largest absolute Gasteiger partial charge is 0.368 e. The standard InChI is InChI=1S/C18H19N3/c1-15-2-6-17(7-3-15)20-10-12-21(13-11-20)18-8-4-16(14-19)5-9-18/h2-9H,10-13H2,1H3. The summed E-state index contributed by atoms with van der Waals surface area (Å²) in [6.07, 6.45) is 0. The highest BCUT2D eigenvalue weighted by Crippen LogP contribution is 2.21. The maximum absolute atomic E-state index is 8.85. The van der Waals surface area contributed by atoms with Gasteiger partial charge in [0.25, 0.3) is 0 Å². The van der Waals surface area contributed by atoms with Crippen molar-refractivity contribution in [3.63, 3.8) is 0 Å². The fourth-order valence-corrected chi connectivity index (χ4v) is 2.73. The summed E-state index contributed by atoms with van der Waals surface area (Å²) in [6, 6.07) is 18.8. The Bertz CT molecular complexity index is 630. The molecule has 0 radical (unpaired) electrons. The van der Waals surface area contributed by atoms with Gasteiger partial charge in [-0.2, -0.15) is 5.26 Å². The minimum atomic E-state index is 0.719. The fraction of sp³-hybridized carbons (Fsp3) is 0.278. The minimum Gasteiger partial charge on any atom is -0.368 e. The van der Waals surface area contributed by atoms with Crippen molar-refractivity contribution >= 4 is 11.4 Å². The van der Waals surface area contributed by atoms with Gasteiger partial charge in [0, 0.05) is 37.6 Å². The van der Waals surface area contributed by atoms with Crippen LogP contribution in [0, 0.1) is 18.3 Å². The molecule has 3 nitrogen and oxygen atoms in total. The molecule has 1 saturated heterocycles. The van der Waals surface area contributed by atoms with Crippen molar-refractivity contribution in [1.82, 2.24) is 0 Å². The Balaban J connectivity index is 1.64. The molecule has 3 rings (SSSR count). The van der Waals surface area contributed by atoms with E-state index in [1.807, 2.05) is 24.3 Å². The SMILES string of the molecule is Cc1ccc(N2CCN(c3ccc(C#N)cc3)CC2)cc1. The van der Waals surface area contributed by atoms with Crippen LogP contribution in [-0.4, -0.2) is 26.2 Å². The van der Waals surface area contributed by atoms with Crippen molar-refractivity contribution in [2.24, 2.45) is 0 Å². The molecule has 0 amide bonds. The van der Waals surface area contributed by atoms with E-state index < -0.39 is 0 Å². The van der Waals surface area contributed by atoms with Crippen molar-refractivity contribution in [3.8, 4) is 6.07 Å². The van der Waals surface area contributed by atoms with Crippen LogP contribution in [0.5, 0.6) is 0 Å². The molecular formula is C18H19N3. The van der Waals surface area contributed by atoms with Gasteiger partial charge in [-0.15, -0.1) is 0 Å². The molecular weight excluding hydrogens is 258 g/mol. The number of anilines is 2. The number of hydrogen-bond acceptors (Lipinski definition) is 3. The van der Waals surface area contributed by atoms with Crippen molar-refractivity contribution in [2.75, 3.05) is 36.0 Å². The summed E-state index contributed by atoms with van der Waals surface area (Å²) in [7, 11) is 0. The smallest absolute Gasteiger partial charge is 0.0991 e. The molecule has 0 atom stereocenters. The maximum atomic E-state index is 8.85. The van der Waals surface area contributed by atoms with E-state index in [9.17, 15) is 0 Å². The Kier molecular flexibility index (Phi) is 3.79. The topological polar surface area (TPSA) is 30.3 Å². The van der Waals surface area contributed by atoms with Crippen molar-refractivity contribution in [2.45, 2.75) is 6.92 Å². The highest BCUT2D eigenvalue weighted by molar-refractivity contribution is 5.53. The molecule has 0 spiro atoms. The average molecular weight is 277 g/mol. The lowest BCUT2D eigenvalue weighted by Crippen LogP contribution is -2.46. The zero-order valence-electron chi connectivity index (χ0n) is 12.3. The molecule has 3 heteroatoms. The van der Waals surface area contributed by atoms with Gasteiger partial charge in [-0.25, -0.2) is 0 Å². The van der Waals surface area contributed by atoms with Crippen LogP contribution in [0.25, 0.3) is 0 Å². The second-order valence-corrected chi connectivity index (χ2v) is 5.47. The van der Waals surface area contributed by atoms with E-state index in [2.05, 4.69) is 47.1 Å². The first-order chi connectivity index (χ1) is 10.3. The summed E-state index contributed by atoms with van der Waals surface area (Å²) in [5.74, 6) is 0. The van der Waals surface area contributed by atoms with Gasteiger partial charge in [-0.05, 0) is 43.3 Å². The molecule has 0 unspecified atom stereocenters. The molecule has 0 aromatic heterocycles. The number of nitriles is 1. The quantitative estimate of drug-likeness (QED) is 0.844. The van der Waals surface area contributed by atoms with Gasteiger partial charge in [-0.3, -0.25) is 0 Å². The van der Waals surface area contributed by atoms with Gasteiger partial charge in [0.2, 0.25) is 0 Å². The van der Waals surface area contributed by atoms with Crippen LogP contribution < -0.4 is 9.80 Å². The number of piperazine rings is 1. The van der Waals surface area contributed by atoms with Crippen molar-refractivity contribution in [3.05, 3.63) is 59.7 Å². The van der Waals surface area contributed by atoms with Gasteiger partial charge in [0.1, 0.15) is 0 Å². The van der Waals surface area contributed by atoms with E-state index in [1.165, 1.54) is 16.9 Å². The third-order valence-corrected chi connectivity index (χ3v) is 4.04. The Morgan fingerprint density at radius 1 is 0.762 bits per heavy atom. The Hall–Kier alpha value is -2.47. The molecule has 0 bridgehead atoms. The molecule has 1 aliphatic rings. The predicted molar refractivity (Wildman–Crippen MR) is 86.8 cm³/mol. The second kappa shape index (κ2) is 5.88. The van der Waals surface area contributed by atoms with E-state index >= 15 is 0 Å². The zero-order chi connectivity index (χ0) is 14.7. The van der Waals surface area contributed by atoms with Crippen LogP contribution >= 0.6 is 0 Å². The van der Waals surface area contributed by atoms with Crippen molar-refractivity contribution in [1.29, 1.82) is 5.26 Å². The summed E-state index contributed by atoms with van der Waals surface area (Å²) in [5, 5.41) is 8.85. The third kappa shape index (κ3) is 3.00. The Morgan fingerprint density at radius 2 is 1.19 bits per heavy atom. The predicted octanol–water partition coefficient (Wildman–Crippen LogP) is 3.19. The molecule has 21 heavy (non-hydrogen) atoms. The van der Waals surface area contributed by atoms with Crippen LogP contribution in [0.15, 0.2) is 48.5 Å². The summed E-state index contributed by atoms with van der Waals surface area (Å²) >= 11 is 0. The first-order valence-electron chi connectivity index (χ1n) is 7.33. The van der Waals surface area contributed by atoms with E-state index in [0.717, 1.165) is 31.7 Å². The lowest BCUT2D eigenvalue weighted by molar-refractivity contribution is 0.653. The highest BCUT2D eigenvalue weighted by Gasteiger charge is 2.17. The molecule has 2 aromatic carbocycles. The van der Waals surface area contributed by atoms with Crippen LogP contribution in [0.4, 0.5) is 11.4 Å². The molecule has 106 valence electrons. The van der Waals surface area contributed by atoms with E-state index in [-0.39, 0.29) is 0 Å². The molecule has 1 aliphatic heterocycles. The second-order valence-electron chi connectivity index (χ2n) is 5.47. The molecule has 0 saturated carbocycles. The lowest BCUT2D eigenvalue weighted by Gasteiger charge is -2.37. The molecule has 1 fully saturated rings. The first-order valence-corrected chi connectivity index (χ1v) is 7.33. The minimum absolute atomic E-state index is 0.719. The normalized spacial score (nSPS) is 14.9. The zero-order valence-corrected chi connectivity index (χ0v) is 12.3. The van der Waals surface area contributed by atoms with Crippen LogP contribution in [0.1, 0.15) is 11.1 Å². The summed E-state index contributed by atoms with van der Waals surface area (Å²) in [4.78, 5) is 4.81. The number of aryl methyl sites for hydroxylation is 1. The number of nitrogens with zero attached hydrogens (tertiary/aromatic N) is 3. The molecule has 1 heterocycles. The first kappa shape index (κ1) is 13.5. The number of rotatable bonds is 2. The van der Waals surface area contributed by atoms with E-state index in [0.29, 0.717) is 0 Å². The summed E-state index contributed by atoms with van der Waals surface area (Å²) in [5.41, 5.74) is 4.53. The maximum Gasteiger partial charge on any atom is 0.0991 e. The van der Waals surface area contributed by atoms with Gasteiger partial charge < -0.3 is 9.80 Å². The summed E-state index contributed by atoms with van der Waals surface area (Å²) < 4.78 is 0. The molecule has 2 aromatic rings. The van der Waals surface area contributed by atoms with Crippen LogP contribution in [-0.2, 0) is 0 Å². The van der Waals surface area contributed by atoms with Gasteiger partial charge in [0.05, 0.1) is 11.6 Å². The van der Waals surface area contributed by atoms with Gasteiger partial charge in [0.15, 0.2) is 0 Å². The van der Waals surface area contributed by atoms with Crippen LogP contribution in [0.3, 0.4) is 0 Å². The van der Waals surface area contributed by atoms with Crippen molar-refractivity contribution < 1.29 is 0 Å². The fourth-order valence-electron chi connectivity index (χ4n) is 2.73. The monoisotopic (exact) mass is 277 g/mol. The van der Waals surface area contributed by atoms with Gasteiger partial charge in [-0.1, -0.05) is 17.7 Å². The summed E-state index contributed by atoms with van der Waals surface area (Å²) in [6.45, 7) is 6.21.